The van der Waals surface area contributed by atoms with E-state index in [1.165, 1.54) is 50.2 Å². The number of rotatable bonds is 4. The first-order chi connectivity index (χ1) is 10.9. The van der Waals surface area contributed by atoms with Crippen molar-refractivity contribution in [1.82, 2.24) is 9.13 Å². The summed E-state index contributed by atoms with van der Waals surface area (Å²) in [5.74, 6) is -1.25. The maximum Gasteiger partial charge on any atom is 0.330 e. The monoisotopic (exact) mass is 318 g/mol. The molecule has 120 valence electrons. The highest BCUT2D eigenvalue weighted by Gasteiger charge is 2.15. The Kier molecular flexibility index (Phi) is 4.59. The van der Waals surface area contributed by atoms with Crippen LogP contribution in [0.5, 0.6) is 5.75 Å². The highest BCUT2D eigenvalue weighted by molar-refractivity contribution is 6.08. The van der Waals surface area contributed by atoms with E-state index in [-0.39, 0.29) is 16.9 Å². The molecule has 0 saturated carbocycles. The quantitative estimate of drug-likeness (QED) is 0.626. The molecular formula is C16H15FN2O4. The number of halogens is 1. The molecule has 0 unspecified atom stereocenters. The van der Waals surface area contributed by atoms with E-state index >= 15 is 0 Å². The molecule has 1 aromatic carbocycles. The molecular weight excluding hydrogens is 303 g/mol. The number of ketones is 1. The maximum atomic E-state index is 13.8. The third-order valence-electron chi connectivity index (χ3n) is 3.33. The lowest BCUT2D eigenvalue weighted by atomic mass is 10.1. The molecule has 2 aromatic rings. The Balaban J connectivity index is 2.45. The van der Waals surface area contributed by atoms with Crippen LogP contribution in [-0.4, -0.2) is 22.0 Å². The number of aryl methyl sites for hydroxylation is 1. The van der Waals surface area contributed by atoms with Gasteiger partial charge < -0.3 is 9.30 Å². The number of benzene rings is 1. The van der Waals surface area contributed by atoms with Crippen molar-refractivity contribution in [3.05, 3.63) is 68.3 Å². The molecule has 0 N–H and O–H groups in total. The van der Waals surface area contributed by atoms with Gasteiger partial charge in [0, 0.05) is 20.3 Å². The van der Waals surface area contributed by atoms with Crippen LogP contribution in [-0.2, 0) is 14.1 Å². The van der Waals surface area contributed by atoms with Crippen LogP contribution in [0.15, 0.2) is 40.1 Å². The molecule has 1 aromatic heterocycles. The molecule has 0 atom stereocenters. The lowest BCUT2D eigenvalue weighted by Crippen LogP contribution is -2.37. The summed E-state index contributed by atoms with van der Waals surface area (Å²) < 4.78 is 20.9. The second-order valence-electron chi connectivity index (χ2n) is 4.86. The number of nitrogens with zero attached hydrogens (tertiary/aromatic N) is 2. The summed E-state index contributed by atoms with van der Waals surface area (Å²) in [5, 5.41) is 0. The van der Waals surface area contributed by atoms with E-state index in [2.05, 4.69) is 0 Å². The minimum atomic E-state index is -0.715. The summed E-state index contributed by atoms with van der Waals surface area (Å²) in [5.41, 5.74) is -1.10. The molecule has 0 fully saturated rings. The minimum absolute atomic E-state index is 0.105. The molecule has 0 bridgehead atoms. The Morgan fingerprint density at radius 2 is 1.96 bits per heavy atom. The standard InChI is InChI=1S/C16H15FN2O4/c1-18-9-10(15(21)19(2)16(18)22)7-8-12(20)14-11(17)5-4-6-13(14)23-3/h4-9H,1-3H3/b8-7+. The topological polar surface area (TPSA) is 70.3 Å². The number of carbonyl (C=O) groups is 1. The van der Waals surface area contributed by atoms with Crippen molar-refractivity contribution in [3.63, 3.8) is 0 Å². The molecule has 0 aliphatic rings. The highest BCUT2D eigenvalue weighted by Crippen LogP contribution is 2.22. The Bertz CT molecular complexity index is 909. The number of ether oxygens (including phenoxy) is 1. The van der Waals surface area contributed by atoms with Gasteiger partial charge in [0.2, 0.25) is 0 Å². The smallest absolute Gasteiger partial charge is 0.330 e. The number of carbonyl (C=O) groups excluding carboxylic acids is 1. The summed E-state index contributed by atoms with van der Waals surface area (Å²) in [4.78, 5) is 35.7. The first kappa shape index (κ1) is 16.4. The molecule has 6 nitrogen and oxygen atoms in total. The van der Waals surface area contributed by atoms with Gasteiger partial charge in [0.25, 0.3) is 5.56 Å². The van der Waals surface area contributed by atoms with Gasteiger partial charge in [0.1, 0.15) is 11.6 Å². The van der Waals surface area contributed by atoms with E-state index in [1.54, 1.807) is 0 Å². The van der Waals surface area contributed by atoms with Gasteiger partial charge in [-0.2, -0.15) is 0 Å². The molecule has 23 heavy (non-hydrogen) atoms. The Labute approximate surface area is 131 Å². The van der Waals surface area contributed by atoms with Crippen LogP contribution in [0.2, 0.25) is 0 Å². The van der Waals surface area contributed by atoms with Crippen LogP contribution in [0.4, 0.5) is 4.39 Å². The highest BCUT2D eigenvalue weighted by atomic mass is 19.1. The average molecular weight is 318 g/mol. The van der Waals surface area contributed by atoms with Crippen LogP contribution in [0, 0.1) is 5.82 Å². The van der Waals surface area contributed by atoms with Crippen LogP contribution in [0.3, 0.4) is 0 Å². The normalized spacial score (nSPS) is 11.0. The van der Waals surface area contributed by atoms with E-state index in [0.717, 1.165) is 16.7 Å². The van der Waals surface area contributed by atoms with Gasteiger partial charge in [-0.1, -0.05) is 6.07 Å². The van der Waals surface area contributed by atoms with Gasteiger partial charge in [-0.3, -0.25) is 14.2 Å². The Hall–Kier alpha value is -2.96. The lowest BCUT2D eigenvalue weighted by Gasteiger charge is -2.06. The summed E-state index contributed by atoms with van der Waals surface area (Å²) in [6.07, 6.45) is 3.63. The number of allylic oxidation sites excluding steroid dienone is 1. The Morgan fingerprint density at radius 3 is 2.61 bits per heavy atom. The van der Waals surface area contributed by atoms with Gasteiger partial charge in [-0.05, 0) is 24.3 Å². The van der Waals surface area contributed by atoms with Gasteiger partial charge in [-0.25, -0.2) is 9.18 Å². The fourth-order valence-corrected chi connectivity index (χ4v) is 2.11. The SMILES string of the molecule is COc1cccc(F)c1C(=O)/C=C/c1cn(C)c(=O)n(C)c1=O. The number of hydrogen-bond acceptors (Lipinski definition) is 4. The first-order valence-electron chi connectivity index (χ1n) is 6.68. The lowest BCUT2D eigenvalue weighted by molar-refractivity contribution is 0.104. The van der Waals surface area contributed by atoms with Crippen molar-refractivity contribution in [2.24, 2.45) is 14.1 Å². The zero-order valence-electron chi connectivity index (χ0n) is 12.9. The zero-order valence-corrected chi connectivity index (χ0v) is 12.9. The van der Waals surface area contributed by atoms with E-state index in [0.29, 0.717) is 0 Å². The third kappa shape index (κ3) is 3.13. The van der Waals surface area contributed by atoms with E-state index in [1.807, 2.05) is 0 Å². The van der Waals surface area contributed by atoms with Crippen molar-refractivity contribution in [2.45, 2.75) is 0 Å². The van der Waals surface area contributed by atoms with E-state index in [9.17, 15) is 18.8 Å². The summed E-state index contributed by atoms with van der Waals surface area (Å²) in [7, 11) is 4.16. The molecule has 0 aliphatic carbocycles. The number of methoxy groups -OCH3 is 1. The molecule has 7 heteroatoms. The maximum absolute atomic E-state index is 13.8. The van der Waals surface area contributed by atoms with Crippen LogP contribution >= 0.6 is 0 Å². The van der Waals surface area contributed by atoms with Crippen LogP contribution in [0.25, 0.3) is 6.08 Å². The molecule has 1 heterocycles. The molecule has 0 aliphatic heterocycles. The second-order valence-corrected chi connectivity index (χ2v) is 4.86. The molecule has 0 radical (unpaired) electrons. The second kappa shape index (κ2) is 6.43. The largest absolute Gasteiger partial charge is 0.496 e. The van der Waals surface area contributed by atoms with Crippen molar-refractivity contribution < 1.29 is 13.9 Å². The van der Waals surface area contributed by atoms with Crippen molar-refractivity contribution in [2.75, 3.05) is 7.11 Å². The molecule has 0 spiro atoms. The predicted octanol–water partition coefficient (Wildman–Crippen LogP) is 1.13. The fraction of sp³-hybridized carbons (Fsp3) is 0.188. The fourth-order valence-electron chi connectivity index (χ4n) is 2.11. The molecule has 0 amide bonds. The van der Waals surface area contributed by atoms with Crippen LogP contribution in [0.1, 0.15) is 15.9 Å². The Morgan fingerprint density at radius 1 is 1.26 bits per heavy atom. The zero-order chi connectivity index (χ0) is 17.1. The molecule has 2 rings (SSSR count). The first-order valence-corrected chi connectivity index (χ1v) is 6.68. The minimum Gasteiger partial charge on any atom is -0.496 e. The number of hydrogen-bond donors (Lipinski definition) is 0. The summed E-state index contributed by atoms with van der Waals surface area (Å²) in [6, 6.07) is 4.04. The van der Waals surface area contributed by atoms with Crippen molar-refractivity contribution in [3.8, 4) is 5.75 Å². The van der Waals surface area contributed by atoms with Gasteiger partial charge in [-0.15, -0.1) is 0 Å². The van der Waals surface area contributed by atoms with E-state index in [4.69, 9.17) is 4.74 Å². The van der Waals surface area contributed by atoms with Crippen molar-refractivity contribution in [1.29, 1.82) is 0 Å². The van der Waals surface area contributed by atoms with Crippen LogP contribution < -0.4 is 16.0 Å². The summed E-state index contributed by atoms with van der Waals surface area (Å²) >= 11 is 0. The average Bonchev–Trinajstić information content (AvgIpc) is 2.54. The van der Waals surface area contributed by atoms with Gasteiger partial charge >= 0.3 is 5.69 Å². The van der Waals surface area contributed by atoms with E-state index < -0.39 is 22.8 Å². The van der Waals surface area contributed by atoms with Gasteiger partial charge in [0.15, 0.2) is 5.78 Å². The van der Waals surface area contributed by atoms with Crippen molar-refractivity contribution >= 4 is 11.9 Å². The molecule has 0 saturated heterocycles. The summed E-state index contributed by atoms with van der Waals surface area (Å²) in [6.45, 7) is 0. The third-order valence-corrected chi connectivity index (χ3v) is 3.33. The number of aromatic nitrogens is 2. The van der Waals surface area contributed by atoms with Gasteiger partial charge in [0.05, 0.1) is 18.2 Å². The predicted molar refractivity (Wildman–Crippen MR) is 83.2 cm³/mol.